The van der Waals surface area contributed by atoms with Crippen molar-refractivity contribution in [1.82, 2.24) is 4.90 Å². The highest BCUT2D eigenvalue weighted by atomic mass is 15.3. The fraction of sp³-hybridized carbons (Fsp3) is 0.909. The monoisotopic (exact) mass is 183 g/mol. The quantitative estimate of drug-likeness (QED) is 0.593. The van der Waals surface area contributed by atoms with Gasteiger partial charge in [0.1, 0.15) is 12.1 Å². The summed E-state index contributed by atoms with van der Waals surface area (Å²) in [7, 11) is 0. The van der Waals surface area contributed by atoms with E-state index in [0.717, 1.165) is 0 Å². The Balaban J connectivity index is 2.82. The van der Waals surface area contributed by atoms with Gasteiger partial charge in [-0.05, 0) is 41.5 Å². The van der Waals surface area contributed by atoms with E-state index < -0.39 is 0 Å². The van der Waals surface area contributed by atoms with Gasteiger partial charge in [0.05, 0.1) is 12.1 Å². The van der Waals surface area contributed by atoms with Gasteiger partial charge >= 0.3 is 0 Å². The third-order valence-corrected chi connectivity index (χ3v) is 3.10. The average Bonchev–Trinajstić information content (AvgIpc) is 2.29. The Morgan fingerprint density at radius 2 is 1.69 bits per heavy atom. The molecular formula is C11H23N2+. The number of hydrogen-bond acceptors (Lipinski definition) is 1. The molecule has 1 aliphatic heterocycles. The van der Waals surface area contributed by atoms with Crippen LogP contribution in [0.25, 0.3) is 0 Å². The molecule has 2 heteroatoms. The summed E-state index contributed by atoms with van der Waals surface area (Å²) >= 11 is 0. The molecule has 0 saturated heterocycles. The van der Waals surface area contributed by atoms with E-state index >= 15 is 0 Å². The standard InChI is InChI=1S/C11H23N2/c1-8(2)12-7-13(9(3)4)11(6)10(12)5/h7-11H,1-6H3/q+1. The van der Waals surface area contributed by atoms with Gasteiger partial charge in [-0.3, -0.25) is 9.48 Å². The summed E-state index contributed by atoms with van der Waals surface area (Å²) in [6.45, 7) is 13.6. The van der Waals surface area contributed by atoms with Crippen molar-refractivity contribution in [2.75, 3.05) is 0 Å². The van der Waals surface area contributed by atoms with Crippen LogP contribution in [0.4, 0.5) is 0 Å². The summed E-state index contributed by atoms with van der Waals surface area (Å²) in [5, 5.41) is 0. The van der Waals surface area contributed by atoms with Crippen molar-refractivity contribution in [1.29, 1.82) is 0 Å². The van der Waals surface area contributed by atoms with Crippen LogP contribution < -0.4 is 0 Å². The normalized spacial score (nSPS) is 28.9. The molecule has 2 nitrogen and oxygen atoms in total. The molecular weight excluding hydrogens is 160 g/mol. The van der Waals surface area contributed by atoms with Crippen molar-refractivity contribution >= 4 is 6.34 Å². The van der Waals surface area contributed by atoms with E-state index in [9.17, 15) is 0 Å². The Morgan fingerprint density at radius 3 is 1.92 bits per heavy atom. The predicted octanol–water partition coefficient (Wildman–Crippen LogP) is 1.94. The van der Waals surface area contributed by atoms with Gasteiger partial charge in [0.25, 0.3) is 0 Å². The largest absolute Gasteiger partial charge is 0.259 e. The van der Waals surface area contributed by atoms with Crippen LogP contribution in [-0.2, 0) is 0 Å². The molecule has 0 radical (unpaired) electrons. The van der Waals surface area contributed by atoms with Gasteiger partial charge in [-0.25, -0.2) is 0 Å². The lowest BCUT2D eigenvalue weighted by molar-refractivity contribution is -0.581. The van der Waals surface area contributed by atoms with E-state index in [1.54, 1.807) is 0 Å². The second kappa shape index (κ2) is 3.69. The lowest BCUT2D eigenvalue weighted by Gasteiger charge is -2.20. The smallest absolute Gasteiger partial charge is 0.235 e. The first-order chi connectivity index (χ1) is 5.95. The first-order valence-electron chi connectivity index (χ1n) is 5.35. The number of nitrogens with zero attached hydrogens (tertiary/aromatic N) is 2. The average molecular weight is 183 g/mol. The zero-order valence-electron chi connectivity index (χ0n) is 9.78. The van der Waals surface area contributed by atoms with E-state index in [0.29, 0.717) is 24.2 Å². The maximum Gasteiger partial charge on any atom is 0.235 e. The zero-order valence-corrected chi connectivity index (χ0v) is 9.78. The fourth-order valence-corrected chi connectivity index (χ4v) is 2.07. The predicted molar refractivity (Wildman–Crippen MR) is 57.4 cm³/mol. The Bertz CT molecular complexity index is 206. The molecule has 2 unspecified atom stereocenters. The van der Waals surface area contributed by atoms with Crippen molar-refractivity contribution in [3.8, 4) is 0 Å². The summed E-state index contributed by atoms with van der Waals surface area (Å²) in [6, 6.07) is 2.51. The third-order valence-electron chi connectivity index (χ3n) is 3.10. The van der Waals surface area contributed by atoms with Crippen molar-refractivity contribution in [3.63, 3.8) is 0 Å². The van der Waals surface area contributed by atoms with Crippen molar-refractivity contribution in [2.45, 2.75) is 65.7 Å². The van der Waals surface area contributed by atoms with Gasteiger partial charge in [-0.1, -0.05) is 0 Å². The summed E-state index contributed by atoms with van der Waals surface area (Å²) in [5.74, 6) is 0. The van der Waals surface area contributed by atoms with Crippen LogP contribution in [0.3, 0.4) is 0 Å². The summed E-state index contributed by atoms with van der Waals surface area (Å²) in [4.78, 5) is 2.45. The minimum Gasteiger partial charge on any atom is -0.259 e. The molecule has 0 aromatic heterocycles. The van der Waals surface area contributed by atoms with Gasteiger partial charge in [0.15, 0.2) is 0 Å². The Hall–Kier alpha value is -0.530. The molecule has 0 fully saturated rings. The molecule has 0 aromatic carbocycles. The highest BCUT2D eigenvalue weighted by Crippen LogP contribution is 2.17. The Morgan fingerprint density at radius 1 is 1.15 bits per heavy atom. The van der Waals surface area contributed by atoms with Crippen LogP contribution in [-0.4, -0.2) is 40.0 Å². The fourth-order valence-electron chi connectivity index (χ4n) is 2.07. The van der Waals surface area contributed by atoms with Crippen LogP contribution in [0.15, 0.2) is 0 Å². The molecule has 13 heavy (non-hydrogen) atoms. The Kier molecular flexibility index (Phi) is 2.99. The van der Waals surface area contributed by atoms with Crippen LogP contribution >= 0.6 is 0 Å². The second-order valence-corrected chi connectivity index (χ2v) is 4.68. The van der Waals surface area contributed by atoms with Crippen LogP contribution in [0.2, 0.25) is 0 Å². The van der Waals surface area contributed by atoms with Gasteiger partial charge in [0, 0.05) is 0 Å². The van der Waals surface area contributed by atoms with Gasteiger partial charge < -0.3 is 0 Å². The molecule has 0 aliphatic carbocycles. The molecule has 0 amide bonds. The van der Waals surface area contributed by atoms with E-state index in [4.69, 9.17) is 0 Å². The van der Waals surface area contributed by atoms with E-state index in [1.165, 1.54) is 0 Å². The van der Waals surface area contributed by atoms with E-state index in [2.05, 4.69) is 57.4 Å². The summed E-state index contributed by atoms with van der Waals surface area (Å²) in [6.07, 6.45) is 2.30. The first kappa shape index (κ1) is 10.6. The SMILES string of the molecule is CC(C)N1C=[N+](C(C)C)C(C)C1C. The minimum atomic E-state index is 0.612. The molecule has 1 heterocycles. The third kappa shape index (κ3) is 1.87. The molecule has 0 N–H and O–H groups in total. The molecule has 1 aliphatic rings. The molecule has 2 atom stereocenters. The molecule has 1 rings (SSSR count). The molecule has 0 aromatic rings. The number of hydrogen-bond donors (Lipinski definition) is 0. The van der Waals surface area contributed by atoms with Gasteiger partial charge in [-0.2, -0.15) is 0 Å². The van der Waals surface area contributed by atoms with E-state index in [1.807, 2.05) is 0 Å². The van der Waals surface area contributed by atoms with Gasteiger partial charge in [0.2, 0.25) is 6.34 Å². The second-order valence-electron chi connectivity index (χ2n) is 4.68. The molecule has 76 valence electrons. The van der Waals surface area contributed by atoms with Crippen molar-refractivity contribution < 1.29 is 4.58 Å². The zero-order chi connectivity index (χ0) is 10.2. The van der Waals surface area contributed by atoms with Crippen LogP contribution in [0.1, 0.15) is 41.5 Å². The summed E-state index contributed by atoms with van der Waals surface area (Å²) in [5.41, 5.74) is 0. The molecule has 0 saturated carbocycles. The highest BCUT2D eigenvalue weighted by Gasteiger charge is 2.37. The minimum absolute atomic E-state index is 0.612. The van der Waals surface area contributed by atoms with E-state index in [-0.39, 0.29) is 0 Å². The molecule has 0 spiro atoms. The van der Waals surface area contributed by atoms with Crippen molar-refractivity contribution in [3.05, 3.63) is 0 Å². The van der Waals surface area contributed by atoms with Gasteiger partial charge in [-0.15, -0.1) is 0 Å². The number of rotatable bonds is 2. The van der Waals surface area contributed by atoms with Crippen LogP contribution in [0.5, 0.6) is 0 Å². The lowest BCUT2D eigenvalue weighted by Crippen LogP contribution is -2.38. The maximum atomic E-state index is 2.45. The topological polar surface area (TPSA) is 6.25 Å². The van der Waals surface area contributed by atoms with Crippen molar-refractivity contribution in [2.24, 2.45) is 0 Å². The summed E-state index contributed by atoms with van der Waals surface area (Å²) < 4.78 is 2.45. The Labute approximate surface area is 82.2 Å². The first-order valence-corrected chi connectivity index (χ1v) is 5.35. The lowest BCUT2D eigenvalue weighted by atomic mass is 10.1. The maximum absolute atomic E-state index is 2.45. The molecule has 0 bridgehead atoms. The highest BCUT2D eigenvalue weighted by molar-refractivity contribution is 5.52. The van der Waals surface area contributed by atoms with Crippen LogP contribution in [0, 0.1) is 0 Å².